The number of nitrogens with one attached hydrogen (secondary N) is 2. The highest BCUT2D eigenvalue weighted by molar-refractivity contribution is 7.13. The smallest absolute Gasteiger partial charge is 0.286 e. The van der Waals surface area contributed by atoms with Gasteiger partial charge in [-0.05, 0) is 38.1 Å². The summed E-state index contributed by atoms with van der Waals surface area (Å²) in [5.74, 6) is 1.48. The molecule has 2 aromatic rings. The maximum atomic E-state index is 12.3. The lowest BCUT2D eigenvalue weighted by molar-refractivity contribution is 0.102. The number of aromatic nitrogens is 2. The zero-order chi connectivity index (χ0) is 15.6. The molecule has 3 heterocycles. The third-order valence-corrected chi connectivity index (χ3v) is 5.04. The summed E-state index contributed by atoms with van der Waals surface area (Å²) in [7, 11) is 0. The van der Waals surface area contributed by atoms with Crippen molar-refractivity contribution in [1.29, 1.82) is 0 Å². The van der Waals surface area contributed by atoms with Crippen molar-refractivity contribution in [2.75, 3.05) is 25.2 Å². The maximum Gasteiger partial charge on any atom is 0.286 e. The predicted molar refractivity (Wildman–Crippen MR) is 92.5 cm³/mol. The SMILES string of the molecule is Cl.O=C(Nc1ccc2c(c1)OCO2)c1nnc(C2CCNCC2)s1. The molecule has 7 nitrogen and oxygen atoms in total. The number of amides is 1. The van der Waals surface area contributed by atoms with E-state index in [1.54, 1.807) is 18.2 Å². The molecule has 9 heteroatoms. The average Bonchev–Trinajstić information content (AvgIpc) is 3.24. The molecule has 0 aliphatic carbocycles. The number of hydrogen-bond acceptors (Lipinski definition) is 7. The van der Waals surface area contributed by atoms with Gasteiger partial charge in [-0.3, -0.25) is 4.79 Å². The second-order valence-electron chi connectivity index (χ2n) is 5.49. The molecular formula is C15H17ClN4O3S. The van der Waals surface area contributed by atoms with Crippen LogP contribution in [0.3, 0.4) is 0 Å². The van der Waals surface area contributed by atoms with E-state index in [-0.39, 0.29) is 25.1 Å². The van der Waals surface area contributed by atoms with Crippen LogP contribution < -0.4 is 20.1 Å². The molecule has 0 spiro atoms. The fourth-order valence-electron chi connectivity index (χ4n) is 2.72. The first-order chi connectivity index (χ1) is 11.3. The van der Waals surface area contributed by atoms with Gasteiger partial charge in [0.1, 0.15) is 5.01 Å². The van der Waals surface area contributed by atoms with E-state index in [1.165, 1.54) is 11.3 Å². The minimum atomic E-state index is -0.249. The summed E-state index contributed by atoms with van der Waals surface area (Å²) in [6.07, 6.45) is 2.08. The number of halogens is 1. The molecule has 2 N–H and O–H groups in total. The van der Waals surface area contributed by atoms with Crippen LogP contribution in [-0.4, -0.2) is 36.0 Å². The van der Waals surface area contributed by atoms with Crippen LogP contribution in [0.15, 0.2) is 18.2 Å². The Labute approximate surface area is 149 Å². The second-order valence-corrected chi connectivity index (χ2v) is 6.50. The molecule has 0 unspecified atom stereocenters. The molecule has 1 aromatic heterocycles. The lowest BCUT2D eigenvalue weighted by Crippen LogP contribution is -2.26. The third kappa shape index (κ3) is 3.45. The van der Waals surface area contributed by atoms with Gasteiger partial charge in [0.15, 0.2) is 11.5 Å². The van der Waals surface area contributed by atoms with Crippen molar-refractivity contribution in [3.63, 3.8) is 0 Å². The first-order valence-electron chi connectivity index (χ1n) is 7.55. The summed E-state index contributed by atoms with van der Waals surface area (Å²) in [5, 5.41) is 15.7. The fourth-order valence-corrected chi connectivity index (χ4v) is 3.63. The van der Waals surface area contributed by atoms with Crippen LogP contribution in [0.25, 0.3) is 0 Å². The number of ether oxygens (including phenoxy) is 2. The number of fused-ring (bicyclic) bond motifs is 1. The Morgan fingerprint density at radius 2 is 2.00 bits per heavy atom. The minimum absolute atomic E-state index is 0. The molecule has 24 heavy (non-hydrogen) atoms. The highest BCUT2D eigenvalue weighted by atomic mass is 35.5. The van der Waals surface area contributed by atoms with Gasteiger partial charge in [0.05, 0.1) is 0 Å². The number of carbonyl (C=O) groups is 1. The largest absolute Gasteiger partial charge is 0.454 e. The molecular weight excluding hydrogens is 352 g/mol. The van der Waals surface area contributed by atoms with Crippen LogP contribution >= 0.6 is 23.7 Å². The van der Waals surface area contributed by atoms with E-state index in [0.29, 0.717) is 28.1 Å². The number of piperidine rings is 1. The Morgan fingerprint density at radius 1 is 1.21 bits per heavy atom. The zero-order valence-electron chi connectivity index (χ0n) is 12.8. The Bertz CT molecular complexity index is 733. The number of anilines is 1. The summed E-state index contributed by atoms with van der Waals surface area (Å²) in [6.45, 7) is 2.19. The number of hydrogen-bond donors (Lipinski definition) is 2. The second kappa shape index (κ2) is 7.33. The van der Waals surface area contributed by atoms with Crippen LogP contribution in [0.1, 0.15) is 33.6 Å². The molecule has 128 valence electrons. The van der Waals surface area contributed by atoms with E-state index in [1.807, 2.05) is 0 Å². The molecule has 0 bridgehead atoms. The Kier molecular flexibility index (Phi) is 5.17. The minimum Gasteiger partial charge on any atom is -0.454 e. The van der Waals surface area contributed by atoms with E-state index in [4.69, 9.17) is 9.47 Å². The molecule has 0 saturated carbocycles. The van der Waals surface area contributed by atoms with Crippen molar-refractivity contribution < 1.29 is 14.3 Å². The number of carbonyl (C=O) groups excluding carboxylic acids is 1. The van der Waals surface area contributed by atoms with Crippen LogP contribution in [-0.2, 0) is 0 Å². The molecule has 1 aromatic carbocycles. The molecule has 4 rings (SSSR count). The number of nitrogens with zero attached hydrogens (tertiary/aromatic N) is 2. The van der Waals surface area contributed by atoms with Crippen LogP contribution in [0.2, 0.25) is 0 Å². The average molecular weight is 369 g/mol. The van der Waals surface area contributed by atoms with Crippen LogP contribution in [0, 0.1) is 0 Å². The Hall–Kier alpha value is -1.90. The predicted octanol–water partition coefficient (Wildman–Crippen LogP) is 2.41. The number of benzene rings is 1. The van der Waals surface area contributed by atoms with Crippen molar-refractivity contribution in [1.82, 2.24) is 15.5 Å². The van der Waals surface area contributed by atoms with Crippen molar-refractivity contribution in [3.8, 4) is 11.5 Å². The third-order valence-electron chi connectivity index (χ3n) is 3.95. The lowest BCUT2D eigenvalue weighted by atomic mass is 9.99. The lowest BCUT2D eigenvalue weighted by Gasteiger charge is -2.19. The summed E-state index contributed by atoms with van der Waals surface area (Å²) in [4.78, 5) is 12.3. The standard InChI is InChI=1S/C15H16N4O3S.ClH/c20-13(17-10-1-2-11-12(7-10)22-8-21-11)15-19-18-14(23-15)9-3-5-16-6-4-9;/h1-2,7,9,16H,3-6,8H2,(H,17,20);1H. The Morgan fingerprint density at radius 3 is 2.83 bits per heavy atom. The van der Waals surface area contributed by atoms with E-state index in [2.05, 4.69) is 20.8 Å². The van der Waals surface area contributed by atoms with Crippen LogP contribution in [0.4, 0.5) is 5.69 Å². The maximum absolute atomic E-state index is 12.3. The molecule has 1 fully saturated rings. The summed E-state index contributed by atoms with van der Waals surface area (Å²) >= 11 is 1.37. The van der Waals surface area contributed by atoms with E-state index >= 15 is 0 Å². The van der Waals surface area contributed by atoms with Crippen molar-refractivity contribution in [3.05, 3.63) is 28.2 Å². The van der Waals surface area contributed by atoms with Gasteiger partial charge < -0.3 is 20.1 Å². The molecule has 0 atom stereocenters. The van der Waals surface area contributed by atoms with Gasteiger partial charge in [0.25, 0.3) is 5.91 Å². The summed E-state index contributed by atoms with van der Waals surface area (Å²) in [6, 6.07) is 5.30. The topological polar surface area (TPSA) is 85.4 Å². The molecule has 0 radical (unpaired) electrons. The summed E-state index contributed by atoms with van der Waals surface area (Å²) < 4.78 is 10.6. The number of rotatable bonds is 3. The van der Waals surface area contributed by atoms with Gasteiger partial charge in [-0.2, -0.15) is 0 Å². The molecule has 2 aliphatic rings. The normalized spacial score (nSPS) is 16.5. The Balaban J connectivity index is 0.00000169. The molecule has 1 amide bonds. The monoisotopic (exact) mass is 368 g/mol. The quantitative estimate of drug-likeness (QED) is 0.865. The zero-order valence-corrected chi connectivity index (χ0v) is 14.4. The van der Waals surface area contributed by atoms with Gasteiger partial charge >= 0.3 is 0 Å². The van der Waals surface area contributed by atoms with Gasteiger partial charge in [0, 0.05) is 17.7 Å². The highest BCUT2D eigenvalue weighted by Gasteiger charge is 2.22. The molecule has 2 aliphatic heterocycles. The van der Waals surface area contributed by atoms with Crippen molar-refractivity contribution >= 4 is 35.3 Å². The van der Waals surface area contributed by atoms with E-state index in [0.717, 1.165) is 30.9 Å². The van der Waals surface area contributed by atoms with Gasteiger partial charge in [0.2, 0.25) is 11.8 Å². The first-order valence-corrected chi connectivity index (χ1v) is 8.36. The van der Waals surface area contributed by atoms with Crippen molar-refractivity contribution in [2.24, 2.45) is 0 Å². The van der Waals surface area contributed by atoms with Gasteiger partial charge in [-0.15, -0.1) is 22.6 Å². The highest BCUT2D eigenvalue weighted by Crippen LogP contribution is 2.34. The van der Waals surface area contributed by atoms with E-state index < -0.39 is 0 Å². The first kappa shape index (κ1) is 16.9. The van der Waals surface area contributed by atoms with Crippen molar-refractivity contribution in [2.45, 2.75) is 18.8 Å². The van der Waals surface area contributed by atoms with Gasteiger partial charge in [-0.1, -0.05) is 11.3 Å². The van der Waals surface area contributed by atoms with Crippen LogP contribution in [0.5, 0.6) is 11.5 Å². The summed E-state index contributed by atoms with van der Waals surface area (Å²) in [5.41, 5.74) is 0.651. The van der Waals surface area contributed by atoms with Gasteiger partial charge in [-0.25, -0.2) is 0 Å². The van der Waals surface area contributed by atoms with E-state index in [9.17, 15) is 4.79 Å². The molecule has 1 saturated heterocycles. The fraction of sp³-hybridized carbons (Fsp3) is 0.400.